The summed E-state index contributed by atoms with van der Waals surface area (Å²) in [5.41, 5.74) is 3.77. The van der Waals surface area contributed by atoms with E-state index in [1.54, 1.807) is 18.2 Å². The molecule has 0 bridgehead atoms. The zero-order valence-corrected chi connectivity index (χ0v) is 16.3. The average Bonchev–Trinajstić information content (AvgIpc) is 2.80. The topological polar surface area (TPSA) is 84.7 Å². The number of amides is 1. The lowest BCUT2D eigenvalue weighted by molar-refractivity contribution is -0.384. The molecule has 0 atom stereocenters. The van der Waals surface area contributed by atoms with Crippen molar-refractivity contribution >= 4 is 23.0 Å². The zero-order valence-electron chi connectivity index (χ0n) is 16.3. The molecule has 0 aliphatic carbocycles. The molecule has 3 aromatic carbocycles. The molecular weight excluding hydrogens is 382 g/mol. The van der Waals surface area contributed by atoms with Gasteiger partial charge in [-0.3, -0.25) is 14.9 Å². The van der Waals surface area contributed by atoms with Gasteiger partial charge in [0.1, 0.15) is 0 Å². The molecule has 3 aromatic rings. The Morgan fingerprint density at radius 1 is 0.933 bits per heavy atom. The van der Waals surface area contributed by atoms with Crippen LogP contribution in [0.15, 0.2) is 72.8 Å². The van der Waals surface area contributed by atoms with Gasteiger partial charge in [-0.15, -0.1) is 0 Å². The first-order valence-corrected chi connectivity index (χ1v) is 9.70. The molecule has 1 N–H and O–H groups in total. The quantitative estimate of drug-likeness (QED) is 0.506. The summed E-state index contributed by atoms with van der Waals surface area (Å²) in [6.07, 6.45) is 0. The number of non-ortho nitro benzene ring substituents is 1. The first kappa shape index (κ1) is 19.6. The van der Waals surface area contributed by atoms with Crippen molar-refractivity contribution in [3.63, 3.8) is 0 Å². The van der Waals surface area contributed by atoms with Crippen LogP contribution < -0.4 is 10.2 Å². The number of rotatable bonds is 5. The van der Waals surface area contributed by atoms with Crippen LogP contribution in [0.25, 0.3) is 11.1 Å². The summed E-state index contributed by atoms with van der Waals surface area (Å²) in [5, 5.41) is 14.1. The molecule has 0 aromatic heterocycles. The van der Waals surface area contributed by atoms with Crippen LogP contribution in [0.4, 0.5) is 17.1 Å². The molecule has 1 fully saturated rings. The molecule has 1 saturated heterocycles. The number of benzene rings is 3. The van der Waals surface area contributed by atoms with Gasteiger partial charge in [-0.05, 0) is 29.3 Å². The fourth-order valence-corrected chi connectivity index (χ4v) is 3.44. The van der Waals surface area contributed by atoms with Crippen molar-refractivity contribution < 1.29 is 14.5 Å². The largest absolute Gasteiger partial charge is 0.378 e. The van der Waals surface area contributed by atoms with Crippen molar-refractivity contribution in [2.24, 2.45) is 0 Å². The summed E-state index contributed by atoms with van der Waals surface area (Å²) in [7, 11) is 0. The van der Waals surface area contributed by atoms with Gasteiger partial charge in [0.05, 0.1) is 29.5 Å². The highest BCUT2D eigenvalue weighted by molar-refractivity contribution is 6.06. The van der Waals surface area contributed by atoms with Crippen molar-refractivity contribution in [3.05, 3.63) is 88.5 Å². The number of nitro benzene ring substituents is 1. The van der Waals surface area contributed by atoms with Crippen LogP contribution in [0.3, 0.4) is 0 Å². The van der Waals surface area contributed by atoms with Crippen LogP contribution in [-0.4, -0.2) is 37.1 Å². The van der Waals surface area contributed by atoms with Gasteiger partial charge in [0.15, 0.2) is 0 Å². The van der Waals surface area contributed by atoms with Gasteiger partial charge >= 0.3 is 0 Å². The maximum Gasteiger partial charge on any atom is 0.271 e. The average molecular weight is 403 g/mol. The molecule has 0 unspecified atom stereocenters. The lowest BCUT2D eigenvalue weighted by Crippen LogP contribution is -2.36. The number of carbonyl (C=O) groups excluding carboxylic acids is 1. The standard InChI is InChI=1S/C23H21N3O4/c27-23(19-8-6-18(7-9-19)17-4-2-1-3-5-17)24-21-11-10-20(26(28)29)16-22(21)25-12-14-30-15-13-25/h1-11,16H,12-15H2,(H,24,27). The van der Waals surface area contributed by atoms with Gasteiger partial charge in [-0.1, -0.05) is 42.5 Å². The Morgan fingerprint density at radius 3 is 2.27 bits per heavy atom. The molecule has 0 saturated carbocycles. The maximum absolute atomic E-state index is 12.8. The highest BCUT2D eigenvalue weighted by atomic mass is 16.6. The fourth-order valence-electron chi connectivity index (χ4n) is 3.44. The summed E-state index contributed by atoms with van der Waals surface area (Å²) in [6, 6.07) is 21.8. The summed E-state index contributed by atoms with van der Waals surface area (Å²) >= 11 is 0. The molecule has 1 aliphatic rings. The van der Waals surface area contributed by atoms with Crippen LogP contribution in [0.1, 0.15) is 10.4 Å². The molecule has 1 amide bonds. The second-order valence-electron chi connectivity index (χ2n) is 6.96. The van der Waals surface area contributed by atoms with Crippen molar-refractivity contribution in [2.45, 2.75) is 0 Å². The first-order valence-electron chi connectivity index (χ1n) is 9.70. The van der Waals surface area contributed by atoms with Crippen LogP contribution in [0.2, 0.25) is 0 Å². The number of nitrogens with one attached hydrogen (secondary N) is 1. The lowest BCUT2D eigenvalue weighted by atomic mass is 10.0. The van der Waals surface area contributed by atoms with Crippen molar-refractivity contribution in [3.8, 4) is 11.1 Å². The van der Waals surface area contributed by atoms with E-state index in [-0.39, 0.29) is 11.6 Å². The third kappa shape index (κ3) is 4.31. The van der Waals surface area contributed by atoms with Crippen LogP contribution in [-0.2, 0) is 4.74 Å². The number of morpholine rings is 1. The summed E-state index contributed by atoms with van der Waals surface area (Å²) < 4.78 is 5.37. The van der Waals surface area contributed by atoms with Crippen LogP contribution in [0, 0.1) is 10.1 Å². The van der Waals surface area contributed by atoms with E-state index < -0.39 is 4.92 Å². The first-order chi connectivity index (χ1) is 14.6. The molecule has 30 heavy (non-hydrogen) atoms. The molecular formula is C23H21N3O4. The highest BCUT2D eigenvalue weighted by Gasteiger charge is 2.20. The van der Waals surface area contributed by atoms with E-state index in [4.69, 9.17) is 4.74 Å². The SMILES string of the molecule is O=C(Nc1ccc([N+](=O)[O-])cc1N1CCOCC1)c1ccc(-c2ccccc2)cc1. The smallest absolute Gasteiger partial charge is 0.271 e. The Balaban J connectivity index is 1.57. The number of carbonyl (C=O) groups is 1. The normalized spacial score (nSPS) is 13.7. The fraction of sp³-hybridized carbons (Fsp3) is 0.174. The van der Waals surface area contributed by atoms with E-state index >= 15 is 0 Å². The molecule has 1 aliphatic heterocycles. The minimum Gasteiger partial charge on any atom is -0.378 e. The molecule has 0 radical (unpaired) electrons. The van der Waals surface area contributed by atoms with Gasteiger partial charge in [0, 0.05) is 30.8 Å². The minimum atomic E-state index is -0.433. The van der Waals surface area contributed by atoms with Crippen molar-refractivity contribution in [2.75, 3.05) is 36.5 Å². The van der Waals surface area contributed by atoms with Crippen molar-refractivity contribution in [1.29, 1.82) is 0 Å². The Kier molecular flexibility index (Phi) is 5.72. The second kappa shape index (κ2) is 8.75. The van der Waals surface area contributed by atoms with Gasteiger partial charge in [0.25, 0.3) is 11.6 Å². The van der Waals surface area contributed by atoms with Gasteiger partial charge < -0.3 is 15.0 Å². The molecule has 7 heteroatoms. The van der Waals surface area contributed by atoms with E-state index in [0.29, 0.717) is 43.2 Å². The Morgan fingerprint density at radius 2 is 1.60 bits per heavy atom. The second-order valence-corrected chi connectivity index (χ2v) is 6.96. The third-order valence-electron chi connectivity index (χ3n) is 5.05. The Hall–Kier alpha value is -3.71. The molecule has 4 rings (SSSR count). The lowest BCUT2D eigenvalue weighted by Gasteiger charge is -2.30. The van der Waals surface area contributed by atoms with E-state index in [1.807, 2.05) is 47.4 Å². The summed E-state index contributed by atoms with van der Waals surface area (Å²) in [4.78, 5) is 25.6. The molecule has 0 spiro atoms. The van der Waals surface area contributed by atoms with E-state index in [2.05, 4.69) is 5.32 Å². The van der Waals surface area contributed by atoms with Crippen molar-refractivity contribution in [1.82, 2.24) is 0 Å². The summed E-state index contributed by atoms with van der Waals surface area (Å²) in [5.74, 6) is -0.266. The molecule has 152 valence electrons. The number of anilines is 2. The van der Waals surface area contributed by atoms with Gasteiger partial charge in [-0.2, -0.15) is 0 Å². The van der Waals surface area contributed by atoms with Crippen LogP contribution >= 0.6 is 0 Å². The molecule has 7 nitrogen and oxygen atoms in total. The Labute approximate surface area is 174 Å². The predicted molar refractivity (Wildman–Crippen MR) is 116 cm³/mol. The maximum atomic E-state index is 12.8. The van der Waals surface area contributed by atoms with E-state index in [0.717, 1.165) is 11.1 Å². The van der Waals surface area contributed by atoms with Gasteiger partial charge in [-0.25, -0.2) is 0 Å². The predicted octanol–water partition coefficient (Wildman–Crippen LogP) is 4.35. The number of nitro groups is 1. The number of ether oxygens (including phenoxy) is 1. The number of hydrogen-bond donors (Lipinski definition) is 1. The zero-order chi connectivity index (χ0) is 20.9. The van der Waals surface area contributed by atoms with Gasteiger partial charge in [0.2, 0.25) is 0 Å². The summed E-state index contributed by atoms with van der Waals surface area (Å²) in [6.45, 7) is 2.29. The van der Waals surface area contributed by atoms with E-state index in [9.17, 15) is 14.9 Å². The van der Waals surface area contributed by atoms with Crippen LogP contribution in [0.5, 0.6) is 0 Å². The monoisotopic (exact) mass is 403 g/mol. The minimum absolute atomic E-state index is 0.0123. The third-order valence-corrected chi connectivity index (χ3v) is 5.05. The number of nitrogens with zero attached hydrogens (tertiary/aromatic N) is 2. The molecule has 1 heterocycles. The number of hydrogen-bond acceptors (Lipinski definition) is 5. The Bertz CT molecular complexity index is 1050. The highest BCUT2D eigenvalue weighted by Crippen LogP contribution is 2.31. The van der Waals surface area contributed by atoms with E-state index in [1.165, 1.54) is 12.1 Å².